The Balaban J connectivity index is 0.000000223. The van der Waals surface area contributed by atoms with Crippen LogP contribution in [0.25, 0.3) is 0 Å². The van der Waals surface area contributed by atoms with Crippen molar-refractivity contribution in [3.8, 4) is 0 Å². The van der Waals surface area contributed by atoms with Gasteiger partial charge in [-0.15, -0.1) is 11.6 Å². The molecule has 1 atom stereocenters. The summed E-state index contributed by atoms with van der Waals surface area (Å²) in [6.45, 7) is 3.88. The average molecular weight is 207 g/mol. The highest BCUT2D eigenvalue weighted by atomic mass is 35.5. The predicted molar refractivity (Wildman–Crippen MR) is 51.7 cm³/mol. The number of aryl methyl sites for hydroxylation is 1. The van der Waals surface area contributed by atoms with E-state index in [1.54, 1.807) is 19.3 Å². The van der Waals surface area contributed by atoms with Crippen LogP contribution in [0.15, 0.2) is 12.4 Å². The summed E-state index contributed by atoms with van der Waals surface area (Å²) in [7, 11) is 0. The van der Waals surface area contributed by atoms with E-state index in [1.165, 1.54) is 0 Å². The fourth-order valence-electron chi connectivity index (χ4n) is 0.559. The summed E-state index contributed by atoms with van der Waals surface area (Å²) in [5, 5.41) is 8.40. The Kier molecular flexibility index (Phi) is 7.68. The van der Waals surface area contributed by atoms with Gasteiger partial charge in [0.05, 0.1) is 6.61 Å². The molecule has 0 fully saturated rings. The van der Waals surface area contributed by atoms with Crippen LogP contribution in [0.2, 0.25) is 0 Å². The van der Waals surface area contributed by atoms with Crippen molar-refractivity contribution in [3.63, 3.8) is 0 Å². The maximum Gasteiger partial charge on any atom is 0.151 e. The topological polar surface area (TPSA) is 58.1 Å². The van der Waals surface area contributed by atoms with Gasteiger partial charge >= 0.3 is 0 Å². The standard InChI is InChI=1S/C4H9ClO2.C4H6N2/c1-4(6)7-3-2-5;1-4-5-2-3-6-4/h4,6H,2-3H2,1H3;2-3H,1H3,(H,5,6). The summed E-state index contributed by atoms with van der Waals surface area (Å²) in [5.74, 6) is 1.40. The molecular formula is C8H15ClN2O2. The van der Waals surface area contributed by atoms with Gasteiger partial charge in [0.25, 0.3) is 0 Å². The van der Waals surface area contributed by atoms with E-state index in [1.807, 2.05) is 6.92 Å². The summed E-state index contributed by atoms with van der Waals surface area (Å²) in [4.78, 5) is 6.75. The van der Waals surface area contributed by atoms with E-state index in [0.717, 1.165) is 5.82 Å². The number of aliphatic hydroxyl groups excluding tert-OH is 1. The maximum absolute atomic E-state index is 8.40. The van der Waals surface area contributed by atoms with Crippen LogP contribution in [0.1, 0.15) is 12.7 Å². The van der Waals surface area contributed by atoms with Crippen LogP contribution in [0.3, 0.4) is 0 Å². The minimum atomic E-state index is -0.682. The SMILES string of the molecule is CC(O)OCCCl.Cc1ncc[nH]1. The van der Waals surface area contributed by atoms with Crippen molar-refractivity contribution in [3.05, 3.63) is 18.2 Å². The Labute approximate surface area is 82.9 Å². The lowest BCUT2D eigenvalue weighted by molar-refractivity contribution is -0.0793. The van der Waals surface area contributed by atoms with Gasteiger partial charge in [0.2, 0.25) is 0 Å². The summed E-state index contributed by atoms with van der Waals surface area (Å²) in [6, 6.07) is 0. The number of nitrogens with zero attached hydrogens (tertiary/aromatic N) is 1. The second kappa shape index (κ2) is 8.04. The van der Waals surface area contributed by atoms with Gasteiger partial charge in [-0.3, -0.25) is 0 Å². The van der Waals surface area contributed by atoms with Crippen LogP contribution in [-0.4, -0.2) is 33.9 Å². The van der Waals surface area contributed by atoms with Crippen LogP contribution in [0.5, 0.6) is 0 Å². The smallest absolute Gasteiger partial charge is 0.151 e. The zero-order chi connectivity index (χ0) is 10.1. The van der Waals surface area contributed by atoms with Crippen LogP contribution in [-0.2, 0) is 4.74 Å². The van der Waals surface area contributed by atoms with Gasteiger partial charge in [-0.05, 0) is 13.8 Å². The molecule has 1 aromatic rings. The molecular weight excluding hydrogens is 192 g/mol. The minimum Gasteiger partial charge on any atom is -0.368 e. The van der Waals surface area contributed by atoms with E-state index >= 15 is 0 Å². The quantitative estimate of drug-likeness (QED) is 0.579. The highest BCUT2D eigenvalue weighted by Gasteiger charge is 1.89. The van der Waals surface area contributed by atoms with Crippen molar-refractivity contribution in [1.82, 2.24) is 9.97 Å². The van der Waals surface area contributed by atoms with Crippen LogP contribution in [0, 0.1) is 6.92 Å². The number of nitrogens with one attached hydrogen (secondary N) is 1. The van der Waals surface area contributed by atoms with Gasteiger partial charge < -0.3 is 14.8 Å². The molecule has 0 spiro atoms. The Morgan fingerprint density at radius 2 is 2.46 bits per heavy atom. The zero-order valence-electron chi connectivity index (χ0n) is 7.83. The molecule has 4 nitrogen and oxygen atoms in total. The molecule has 0 aliphatic carbocycles. The number of halogens is 1. The van der Waals surface area contributed by atoms with Crippen molar-refractivity contribution in [2.45, 2.75) is 20.1 Å². The third kappa shape index (κ3) is 9.33. The van der Waals surface area contributed by atoms with Gasteiger partial charge in [0.1, 0.15) is 5.82 Å². The fraction of sp³-hybridized carbons (Fsp3) is 0.625. The molecule has 0 aliphatic rings. The first-order valence-electron chi connectivity index (χ1n) is 3.98. The van der Waals surface area contributed by atoms with Crippen LogP contribution >= 0.6 is 11.6 Å². The molecule has 5 heteroatoms. The van der Waals surface area contributed by atoms with E-state index in [-0.39, 0.29) is 0 Å². The Bertz CT molecular complexity index is 190. The number of ether oxygens (including phenoxy) is 1. The lowest BCUT2D eigenvalue weighted by Gasteiger charge is -2.01. The molecule has 1 aromatic heterocycles. The van der Waals surface area contributed by atoms with Gasteiger partial charge in [-0.1, -0.05) is 0 Å². The third-order valence-corrected chi connectivity index (χ3v) is 1.23. The molecule has 76 valence electrons. The molecule has 0 bridgehead atoms. The summed E-state index contributed by atoms with van der Waals surface area (Å²) in [5.41, 5.74) is 0. The van der Waals surface area contributed by atoms with Crippen molar-refractivity contribution < 1.29 is 9.84 Å². The van der Waals surface area contributed by atoms with Gasteiger partial charge in [0.15, 0.2) is 6.29 Å². The number of alkyl halides is 1. The van der Waals surface area contributed by atoms with Crippen molar-refractivity contribution in [1.29, 1.82) is 0 Å². The Morgan fingerprint density at radius 1 is 1.77 bits per heavy atom. The van der Waals surface area contributed by atoms with E-state index in [4.69, 9.17) is 16.7 Å². The minimum absolute atomic E-state index is 0.416. The van der Waals surface area contributed by atoms with Crippen LogP contribution in [0.4, 0.5) is 0 Å². The number of aliphatic hydroxyl groups is 1. The normalized spacial score (nSPS) is 11.7. The molecule has 1 heterocycles. The molecule has 0 saturated carbocycles. The summed E-state index contributed by atoms with van der Waals surface area (Å²) >= 11 is 5.21. The van der Waals surface area contributed by atoms with Gasteiger partial charge in [-0.25, -0.2) is 4.98 Å². The first-order chi connectivity index (χ1) is 6.16. The number of aromatic amines is 1. The van der Waals surface area contributed by atoms with E-state index in [9.17, 15) is 0 Å². The molecule has 0 aromatic carbocycles. The fourth-order valence-corrected chi connectivity index (χ4v) is 0.648. The van der Waals surface area contributed by atoms with Crippen molar-refractivity contribution in [2.24, 2.45) is 0 Å². The molecule has 0 aliphatic heterocycles. The number of imidazole rings is 1. The van der Waals surface area contributed by atoms with Crippen molar-refractivity contribution >= 4 is 11.6 Å². The van der Waals surface area contributed by atoms with E-state index in [0.29, 0.717) is 12.5 Å². The average Bonchev–Trinajstić information content (AvgIpc) is 2.53. The van der Waals surface area contributed by atoms with E-state index < -0.39 is 6.29 Å². The van der Waals surface area contributed by atoms with Gasteiger partial charge in [-0.2, -0.15) is 0 Å². The second-order valence-corrected chi connectivity index (χ2v) is 2.71. The summed E-state index contributed by atoms with van der Waals surface area (Å²) < 4.78 is 4.61. The molecule has 13 heavy (non-hydrogen) atoms. The second-order valence-electron chi connectivity index (χ2n) is 2.33. The number of aromatic nitrogens is 2. The lowest BCUT2D eigenvalue weighted by Crippen LogP contribution is -2.07. The molecule has 2 N–H and O–H groups in total. The maximum atomic E-state index is 8.40. The zero-order valence-corrected chi connectivity index (χ0v) is 8.58. The molecule has 0 saturated heterocycles. The van der Waals surface area contributed by atoms with Gasteiger partial charge in [0, 0.05) is 18.3 Å². The Hall–Kier alpha value is -0.580. The highest BCUT2D eigenvalue weighted by Crippen LogP contribution is 1.83. The van der Waals surface area contributed by atoms with Crippen LogP contribution < -0.4 is 0 Å². The molecule has 1 rings (SSSR count). The first kappa shape index (κ1) is 12.4. The number of hydrogen-bond donors (Lipinski definition) is 2. The third-order valence-electron chi connectivity index (χ3n) is 1.07. The molecule has 1 unspecified atom stereocenters. The lowest BCUT2D eigenvalue weighted by atomic mass is 10.7. The number of H-pyrrole nitrogens is 1. The molecule has 0 radical (unpaired) electrons. The molecule has 0 amide bonds. The summed E-state index contributed by atoms with van der Waals surface area (Å²) in [6.07, 6.45) is 2.85. The van der Waals surface area contributed by atoms with Crippen molar-refractivity contribution in [2.75, 3.05) is 12.5 Å². The Morgan fingerprint density at radius 3 is 2.62 bits per heavy atom. The highest BCUT2D eigenvalue weighted by molar-refractivity contribution is 6.17. The largest absolute Gasteiger partial charge is 0.368 e. The first-order valence-corrected chi connectivity index (χ1v) is 4.52. The van der Waals surface area contributed by atoms with E-state index in [2.05, 4.69) is 14.7 Å². The number of rotatable bonds is 3. The monoisotopic (exact) mass is 206 g/mol. The predicted octanol–water partition coefficient (Wildman–Crippen LogP) is 1.30. The number of hydrogen-bond acceptors (Lipinski definition) is 3.